The van der Waals surface area contributed by atoms with Crippen molar-refractivity contribution in [3.05, 3.63) is 23.8 Å². The van der Waals surface area contributed by atoms with Crippen LogP contribution in [0.15, 0.2) is 18.2 Å². The third-order valence-corrected chi connectivity index (χ3v) is 3.10. The third kappa shape index (κ3) is 2.64. The van der Waals surface area contributed by atoms with Crippen molar-refractivity contribution >= 4 is 11.5 Å². The first-order valence-corrected chi connectivity index (χ1v) is 6.29. The number of nitrogens with zero attached hydrogens (tertiary/aromatic N) is 1. The Balaban J connectivity index is 2.31. The van der Waals surface area contributed by atoms with Gasteiger partial charge in [0.15, 0.2) is 5.78 Å². The Kier molecular flexibility index (Phi) is 3.87. The number of hydrogen-bond donors (Lipinski definition) is 1. The Hall–Kier alpha value is -1.55. The highest BCUT2D eigenvalue weighted by atomic mass is 16.5. The Morgan fingerprint density at radius 3 is 3.00 bits per heavy atom. The molecule has 0 fully saturated rings. The second-order valence-electron chi connectivity index (χ2n) is 4.69. The molecule has 1 aromatic carbocycles. The van der Waals surface area contributed by atoms with E-state index in [1.165, 1.54) is 0 Å². The number of rotatable bonds is 4. The van der Waals surface area contributed by atoms with Crippen LogP contribution in [0.25, 0.3) is 0 Å². The number of fused-ring (bicyclic) bond motifs is 1. The zero-order valence-corrected chi connectivity index (χ0v) is 10.8. The lowest BCUT2D eigenvalue weighted by molar-refractivity contribution is 0.101. The SMILES string of the molecule is CC(=O)c1ccc2c(c1)N(CCCO)CC(C)O2. The van der Waals surface area contributed by atoms with Crippen LogP contribution >= 0.6 is 0 Å². The van der Waals surface area contributed by atoms with E-state index < -0.39 is 0 Å². The molecule has 1 aromatic rings. The summed E-state index contributed by atoms with van der Waals surface area (Å²) in [6.45, 7) is 5.32. The van der Waals surface area contributed by atoms with Crippen molar-refractivity contribution < 1.29 is 14.6 Å². The van der Waals surface area contributed by atoms with Gasteiger partial charge >= 0.3 is 0 Å². The molecule has 4 heteroatoms. The number of ether oxygens (including phenoxy) is 1. The van der Waals surface area contributed by atoms with Crippen LogP contribution in [-0.4, -0.2) is 36.7 Å². The van der Waals surface area contributed by atoms with Gasteiger partial charge in [-0.1, -0.05) is 0 Å². The van der Waals surface area contributed by atoms with Gasteiger partial charge in [0.05, 0.1) is 12.2 Å². The van der Waals surface area contributed by atoms with Crippen LogP contribution in [0.1, 0.15) is 30.6 Å². The van der Waals surface area contributed by atoms with Gasteiger partial charge in [-0.15, -0.1) is 0 Å². The molecular formula is C14H19NO3. The average molecular weight is 249 g/mol. The van der Waals surface area contributed by atoms with Crippen LogP contribution in [0, 0.1) is 0 Å². The standard InChI is InChI=1S/C14H19NO3/c1-10-9-15(6-3-7-16)13-8-12(11(2)17)4-5-14(13)18-10/h4-5,8,10,16H,3,6-7,9H2,1-2H3. The number of Topliss-reactive ketones (excluding diaryl/α,β-unsaturated/α-hetero) is 1. The molecule has 18 heavy (non-hydrogen) atoms. The number of carbonyl (C=O) groups excluding carboxylic acids is 1. The largest absolute Gasteiger partial charge is 0.487 e. The van der Waals surface area contributed by atoms with Crippen LogP contribution in [0.2, 0.25) is 0 Å². The summed E-state index contributed by atoms with van der Waals surface area (Å²) < 4.78 is 5.76. The zero-order chi connectivity index (χ0) is 13.1. The topological polar surface area (TPSA) is 49.8 Å². The van der Waals surface area contributed by atoms with Gasteiger partial charge in [0.25, 0.3) is 0 Å². The predicted octanol–water partition coefficient (Wildman–Crippen LogP) is 1.86. The van der Waals surface area contributed by atoms with Crippen molar-refractivity contribution in [1.29, 1.82) is 0 Å². The first-order chi connectivity index (χ1) is 8.61. The number of ketones is 1. The van der Waals surface area contributed by atoms with Crippen molar-refractivity contribution in [3.63, 3.8) is 0 Å². The lowest BCUT2D eigenvalue weighted by Crippen LogP contribution is -2.39. The molecular weight excluding hydrogens is 230 g/mol. The molecule has 0 aliphatic carbocycles. The lowest BCUT2D eigenvalue weighted by Gasteiger charge is -2.35. The predicted molar refractivity (Wildman–Crippen MR) is 70.5 cm³/mol. The van der Waals surface area contributed by atoms with E-state index in [9.17, 15) is 4.79 Å². The van der Waals surface area contributed by atoms with E-state index in [1.807, 2.05) is 19.1 Å². The van der Waals surface area contributed by atoms with Gasteiger partial charge in [-0.3, -0.25) is 4.79 Å². The molecule has 0 saturated carbocycles. The molecule has 1 atom stereocenters. The van der Waals surface area contributed by atoms with Crippen LogP contribution in [0.5, 0.6) is 5.75 Å². The normalized spacial score (nSPS) is 18.2. The van der Waals surface area contributed by atoms with Crippen molar-refractivity contribution in [2.24, 2.45) is 0 Å². The van der Waals surface area contributed by atoms with E-state index in [-0.39, 0.29) is 18.5 Å². The van der Waals surface area contributed by atoms with Crippen molar-refractivity contribution in [2.75, 3.05) is 24.6 Å². The van der Waals surface area contributed by atoms with Crippen LogP contribution in [0.3, 0.4) is 0 Å². The highest BCUT2D eigenvalue weighted by molar-refractivity contribution is 5.95. The minimum Gasteiger partial charge on any atom is -0.487 e. The highest BCUT2D eigenvalue weighted by Crippen LogP contribution is 2.34. The number of carbonyl (C=O) groups is 1. The van der Waals surface area contributed by atoms with Crippen molar-refractivity contribution in [1.82, 2.24) is 0 Å². The van der Waals surface area contributed by atoms with Crippen LogP contribution in [0.4, 0.5) is 5.69 Å². The Morgan fingerprint density at radius 2 is 2.33 bits per heavy atom. The molecule has 98 valence electrons. The van der Waals surface area contributed by atoms with E-state index in [0.29, 0.717) is 5.56 Å². The number of benzene rings is 1. The molecule has 0 saturated heterocycles. The van der Waals surface area contributed by atoms with Gasteiger partial charge in [0.1, 0.15) is 11.9 Å². The fourth-order valence-corrected chi connectivity index (χ4v) is 2.22. The molecule has 4 nitrogen and oxygen atoms in total. The summed E-state index contributed by atoms with van der Waals surface area (Å²) in [5, 5.41) is 8.94. The molecule has 0 spiro atoms. The van der Waals surface area contributed by atoms with Gasteiger partial charge in [-0.05, 0) is 38.5 Å². The van der Waals surface area contributed by atoms with Gasteiger partial charge in [-0.25, -0.2) is 0 Å². The maximum atomic E-state index is 11.4. The van der Waals surface area contributed by atoms with Crippen molar-refractivity contribution in [3.8, 4) is 5.75 Å². The number of anilines is 1. The second-order valence-corrected chi connectivity index (χ2v) is 4.69. The molecule has 2 rings (SSSR count). The molecule has 1 aliphatic heterocycles. The van der Waals surface area contributed by atoms with E-state index >= 15 is 0 Å². The quantitative estimate of drug-likeness (QED) is 0.827. The fraction of sp³-hybridized carbons (Fsp3) is 0.500. The highest BCUT2D eigenvalue weighted by Gasteiger charge is 2.23. The van der Waals surface area contributed by atoms with Crippen molar-refractivity contribution in [2.45, 2.75) is 26.4 Å². The van der Waals surface area contributed by atoms with E-state index in [4.69, 9.17) is 9.84 Å². The molecule has 1 heterocycles. The molecule has 0 aromatic heterocycles. The summed E-state index contributed by atoms with van der Waals surface area (Å²) in [5.74, 6) is 0.871. The summed E-state index contributed by atoms with van der Waals surface area (Å²) in [6.07, 6.45) is 0.843. The van der Waals surface area contributed by atoms with Gasteiger partial charge in [0, 0.05) is 18.7 Å². The summed E-state index contributed by atoms with van der Waals surface area (Å²) >= 11 is 0. The van der Waals surface area contributed by atoms with Crippen LogP contribution < -0.4 is 9.64 Å². The molecule has 1 aliphatic rings. The van der Waals surface area contributed by atoms with E-state index in [1.54, 1.807) is 13.0 Å². The Morgan fingerprint density at radius 1 is 1.56 bits per heavy atom. The van der Waals surface area contributed by atoms with E-state index in [0.717, 1.165) is 30.9 Å². The van der Waals surface area contributed by atoms with E-state index in [2.05, 4.69) is 4.90 Å². The molecule has 0 radical (unpaired) electrons. The number of aliphatic hydroxyl groups is 1. The van der Waals surface area contributed by atoms with Crippen LogP contribution in [-0.2, 0) is 0 Å². The maximum Gasteiger partial charge on any atom is 0.159 e. The van der Waals surface area contributed by atoms with Gasteiger partial charge in [0.2, 0.25) is 0 Å². The molecule has 1 unspecified atom stereocenters. The number of hydrogen-bond acceptors (Lipinski definition) is 4. The Bertz CT molecular complexity index is 445. The summed E-state index contributed by atoms with van der Waals surface area (Å²) in [4.78, 5) is 13.6. The smallest absolute Gasteiger partial charge is 0.159 e. The zero-order valence-electron chi connectivity index (χ0n) is 10.8. The minimum atomic E-state index is 0.0542. The monoisotopic (exact) mass is 249 g/mol. The fourth-order valence-electron chi connectivity index (χ4n) is 2.22. The minimum absolute atomic E-state index is 0.0542. The Labute approximate surface area is 107 Å². The third-order valence-electron chi connectivity index (χ3n) is 3.10. The lowest BCUT2D eigenvalue weighted by atomic mass is 10.1. The molecule has 0 amide bonds. The first kappa shape index (κ1) is 12.9. The second kappa shape index (κ2) is 5.40. The first-order valence-electron chi connectivity index (χ1n) is 6.29. The summed E-state index contributed by atoms with van der Waals surface area (Å²) in [7, 11) is 0. The summed E-state index contributed by atoms with van der Waals surface area (Å²) in [6, 6.07) is 5.53. The van der Waals surface area contributed by atoms with Gasteiger partial charge < -0.3 is 14.7 Å². The molecule has 1 N–H and O–H groups in total. The summed E-state index contributed by atoms with van der Waals surface area (Å²) in [5.41, 5.74) is 1.65. The molecule has 0 bridgehead atoms. The number of aliphatic hydroxyl groups excluding tert-OH is 1. The van der Waals surface area contributed by atoms with Gasteiger partial charge in [-0.2, -0.15) is 0 Å². The average Bonchev–Trinajstić information content (AvgIpc) is 2.35. The maximum absolute atomic E-state index is 11.4.